The van der Waals surface area contributed by atoms with Gasteiger partial charge in [0.1, 0.15) is 17.7 Å². The van der Waals surface area contributed by atoms with Crippen molar-refractivity contribution in [2.24, 2.45) is 7.05 Å². The van der Waals surface area contributed by atoms with Gasteiger partial charge in [-0.3, -0.25) is 10.1 Å². The van der Waals surface area contributed by atoms with Crippen molar-refractivity contribution in [2.75, 3.05) is 5.32 Å². The Morgan fingerprint density at radius 3 is 2.84 bits per heavy atom. The van der Waals surface area contributed by atoms with Crippen LogP contribution in [0.25, 0.3) is 21.9 Å². The van der Waals surface area contributed by atoms with Crippen molar-refractivity contribution < 1.29 is 4.92 Å². The Morgan fingerprint density at radius 1 is 1.20 bits per heavy atom. The Hall–Kier alpha value is -3.55. The molecular weight excluding hydrogens is 320 g/mol. The number of nitrogens with zero attached hydrogens (tertiary/aromatic N) is 5. The lowest BCUT2D eigenvalue weighted by Crippen LogP contribution is -2.02. The molecule has 8 nitrogen and oxygen atoms in total. The van der Waals surface area contributed by atoms with E-state index in [0.717, 1.165) is 22.2 Å². The standard InChI is InChI=1S/C17H14N6O2/c1-10-20-15-11(8-22(10)2)6-14-16(19-9-18-14)17(15)21-12-4-3-5-13(7-12)23(24)25/h3-9,21H,1-2H3. The molecule has 8 heteroatoms. The first-order chi connectivity index (χ1) is 12.0. The zero-order valence-corrected chi connectivity index (χ0v) is 13.6. The highest BCUT2D eigenvalue weighted by Crippen LogP contribution is 2.33. The number of anilines is 2. The Balaban J connectivity index is 1.95. The van der Waals surface area contributed by atoms with Gasteiger partial charge in [-0.15, -0.1) is 0 Å². The molecule has 0 spiro atoms. The first kappa shape index (κ1) is 15.0. The van der Waals surface area contributed by atoms with E-state index in [1.54, 1.807) is 12.1 Å². The van der Waals surface area contributed by atoms with Crippen LogP contribution in [-0.4, -0.2) is 24.4 Å². The van der Waals surface area contributed by atoms with Gasteiger partial charge in [0, 0.05) is 36.5 Å². The predicted molar refractivity (Wildman–Crippen MR) is 94.9 cm³/mol. The molecule has 0 saturated heterocycles. The quantitative estimate of drug-likeness (QED) is 0.455. The molecule has 1 N–H and O–H groups in total. The van der Waals surface area contributed by atoms with Crippen LogP contribution in [0.15, 0.2) is 42.9 Å². The number of aryl methyl sites for hydroxylation is 2. The van der Waals surface area contributed by atoms with E-state index in [1.165, 1.54) is 18.5 Å². The van der Waals surface area contributed by atoms with Crippen LogP contribution in [0.4, 0.5) is 17.1 Å². The number of non-ortho nitro benzene ring substituents is 1. The van der Waals surface area contributed by atoms with E-state index in [1.807, 2.05) is 30.8 Å². The summed E-state index contributed by atoms with van der Waals surface area (Å²) in [6.45, 7) is 1.91. The van der Waals surface area contributed by atoms with Crippen LogP contribution in [0.5, 0.6) is 0 Å². The first-order valence-electron chi connectivity index (χ1n) is 7.62. The number of imidazole rings is 1. The van der Waals surface area contributed by atoms with Gasteiger partial charge < -0.3 is 9.88 Å². The molecule has 0 atom stereocenters. The smallest absolute Gasteiger partial charge is 0.271 e. The monoisotopic (exact) mass is 334 g/mol. The maximum atomic E-state index is 11.0. The molecular formula is C17H14N6O2. The van der Waals surface area contributed by atoms with Crippen molar-refractivity contribution in [3.8, 4) is 0 Å². The summed E-state index contributed by atoms with van der Waals surface area (Å²) >= 11 is 0. The van der Waals surface area contributed by atoms with Gasteiger partial charge >= 0.3 is 0 Å². The summed E-state index contributed by atoms with van der Waals surface area (Å²) in [5, 5.41) is 15.2. The van der Waals surface area contributed by atoms with Crippen LogP contribution < -0.4 is 5.32 Å². The van der Waals surface area contributed by atoms with Crippen molar-refractivity contribution in [1.82, 2.24) is 19.5 Å². The van der Waals surface area contributed by atoms with E-state index in [2.05, 4.69) is 20.3 Å². The molecule has 25 heavy (non-hydrogen) atoms. The van der Waals surface area contributed by atoms with Crippen LogP contribution in [-0.2, 0) is 7.05 Å². The van der Waals surface area contributed by atoms with Crippen LogP contribution >= 0.6 is 0 Å². The lowest BCUT2D eigenvalue weighted by atomic mass is 10.1. The van der Waals surface area contributed by atoms with E-state index < -0.39 is 4.92 Å². The summed E-state index contributed by atoms with van der Waals surface area (Å²) in [5.41, 5.74) is 3.47. The number of benzene rings is 2. The number of nitrogens with one attached hydrogen (secondary N) is 1. The van der Waals surface area contributed by atoms with E-state index in [0.29, 0.717) is 16.9 Å². The van der Waals surface area contributed by atoms with Crippen molar-refractivity contribution in [1.29, 1.82) is 0 Å². The normalized spacial score (nSPS) is 11.1. The molecule has 0 saturated carbocycles. The number of nitro groups is 1. The van der Waals surface area contributed by atoms with Gasteiger partial charge in [0.05, 0.1) is 21.6 Å². The zero-order valence-electron chi connectivity index (χ0n) is 13.6. The van der Waals surface area contributed by atoms with Crippen molar-refractivity contribution in [2.45, 2.75) is 6.92 Å². The van der Waals surface area contributed by atoms with E-state index in [9.17, 15) is 10.1 Å². The molecule has 2 aromatic heterocycles. The summed E-state index contributed by atoms with van der Waals surface area (Å²) in [7, 11) is 1.93. The minimum atomic E-state index is -0.422. The molecule has 0 fully saturated rings. The summed E-state index contributed by atoms with van der Waals surface area (Å²) in [6.07, 6.45) is 3.47. The molecule has 2 aromatic carbocycles. The molecule has 4 rings (SSSR count). The second kappa shape index (κ2) is 5.52. The van der Waals surface area contributed by atoms with E-state index in [4.69, 9.17) is 0 Å². The number of hydrogen-bond donors (Lipinski definition) is 1. The topological polar surface area (TPSA) is 98.8 Å². The maximum absolute atomic E-state index is 11.0. The van der Waals surface area contributed by atoms with Gasteiger partial charge in [0.2, 0.25) is 0 Å². The Kier molecular flexibility index (Phi) is 3.31. The lowest BCUT2D eigenvalue weighted by Gasteiger charge is -2.12. The van der Waals surface area contributed by atoms with Gasteiger partial charge in [-0.05, 0) is 19.1 Å². The minimum absolute atomic E-state index is 0.0191. The first-order valence-corrected chi connectivity index (χ1v) is 7.62. The van der Waals surface area contributed by atoms with Crippen LogP contribution in [0.1, 0.15) is 5.82 Å². The van der Waals surface area contributed by atoms with Crippen molar-refractivity contribution in [3.05, 3.63) is 58.8 Å². The fourth-order valence-electron chi connectivity index (χ4n) is 2.77. The molecule has 124 valence electrons. The summed E-state index contributed by atoms with van der Waals surface area (Å²) in [6, 6.07) is 8.27. The van der Waals surface area contributed by atoms with Crippen LogP contribution in [0, 0.1) is 17.0 Å². The molecule has 0 aliphatic heterocycles. The van der Waals surface area contributed by atoms with Gasteiger partial charge in [-0.25, -0.2) is 15.0 Å². The van der Waals surface area contributed by atoms with Gasteiger partial charge in [0.15, 0.2) is 0 Å². The third-order valence-corrected chi connectivity index (χ3v) is 4.11. The van der Waals surface area contributed by atoms with Gasteiger partial charge in [0.25, 0.3) is 5.69 Å². The number of fused-ring (bicyclic) bond motifs is 2. The molecule has 0 radical (unpaired) electrons. The number of rotatable bonds is 3. The Morgan fingerprint density at radius 2 is 2.04 bits per heavy atom. The average molecular weight is 334 g/mol. The Labute approximate surface area is 142 Å². The molecule has 0 unspecified atom stereocenters. The third kappa shape index (κ3) is 2.53. The van der Waals surface area contributed by atoms with Crippen molar-refractivity contribution >= 4 is 39.0 Å². The number of hydrogen-bond acceptors (Lipinski definition) is 6. The summed E-state index contributed by atoms with van der Waals surface area (Å²) < 4.78 is 1.93. The van der Waals surface area contributed by atoms with Crippen LogP contribution in [0.3, 0.4) is 0 Å². The fourth-order valence-corrected chi connectivity index (χ4v) is 2.77. The average Bonchev–Trinajstić information content (AvgIpc) is 3.05. The van der Waals surface area contributed by atoms with E-state index >= 15 is 0 Å². The second-order valence-electron chi connectivity index (χ2n) is 5.76. The predicted octanol–water partition coefficient (Wildman–Crippen LogP) is 3.48. The molecule has 4 aromatic rings. The largest absolute Gasteiger partial charge is 0.352 e. The summed E-state index contributed by atoms with van der Waals surface area (Å²) in [5.74, 6) is 0.841. The minimum Gasteiger partial charge on any atom is -0.352 e. The number of nitro benzene ring substituents is 1. The van der Waals surface area contributed by atoms with Gasteiger partial charge in [-0.1, -0.05) is 6.07 Å². The maximum Gasteiger partial charge on any atom is 0.271 e. The van der Waals surface area contributed by atoms with Crippen molar-refractivity contribution in [3.63, 3.8) is 0 Å². The number of aromatic nitrogens is 4. The molecule has 0 aliphatic carbocycles. The van der Waals surface area contributed by atoms with Gasteiger partial charge in [-0.2, -0.15) is 0 Å². The highest BCUT2D eigenvalue weighted by atomic mass is 16.6. The fraction of sp³-hybridized carbons (Fsp3) is 0.118. The zero-order chi connectivity index (χ0) is 17.6. The molecule has 0 bridgehead atoms. The van der Waals surface area contributed by atoms with E-state index in [-0.39, 0.29) is 5.69 Å². The van der Waals surface area contributed by atoms with Crippen LogP contribution in [0.2, 0.25) is 0 Å². The molecule has 0 amide bonds. The lowest BCUT2D eigenvalue weighted by molar-refractivity contribution is -0.384. The highest BCUT2D eigenvalue weighted by Gasteiger charge is 2.14. The Bertz CT molecular complexity index is 1130. The highest BCUT2D eigenvalue weighted by molar-refractivity contribution is 6.07. The third-order valence-electron chi connectivity index (χ3n) is 4.11. The molecule has 2 heterocycles. The second-order valence-corrected chi connectivity index (χ2v) is 5.76. The molecule has 0 aliphatic rings. The SMILES string of the molecule is Cc1nc2c(Nc3cccc([N+](=O)[O-])c3)c3ncnc3cc2cn1C. The summed E-state index contributed by atoms with van der Waals surface area (Å²) in [4.78, 5) is 23.8.